The van der Waals surface area contributed by atoms with Crippen LogP contribution >= 0.6 is 11.6 Å². The van der Waals surface area contributed by atoms with Crippen molar-refractivity contribution < 1.29 is 9.53 Å². The van der Waals surface area contributed by atoms with Crippen LogP contribution in [0.4, 0.5) is 0 Å². The van der Waals surface area contributed by atoms with Crippen LogP contribution in [0.15, 0.2) is 6.20 Å². The van der Waals surface area contributed by atoms with Crippen LogP contribution in [-0.2, 0) is 11.3 Å². The highest BCUT2D eigenvalue weighted by molar-refractivity contribution is 6.33. The molecular weight excluding hydrogens is 228 g/mol. The van der Waals surface area contributed by atoms with Crippen molar-refractivity contribution in [2.24, 2.45) is 0 Å². The van der Waals surface area contributed by atoms with Crippen molar-refractivity contribution in [1.29, 1.82) is 0 Å². The summed E-state index contributed by atoms with van der Waals surface area (Å²) in [7, 11) is 0. The van der Waals surface area contributed by atoms with E-state index < -0.39 is 0 Å². The van der Waals surface area contributed by atoms with Crippen LogP contribution in [0.25, 0.3) is 0 Å². The van der Waals surface area contributed by atoms with Crippen LogP contribution in [0.1, 0.15) is 36.7 Å². The normalized spacial score (nSPS) is 21.0. The zero-order chi connectivity index (χ0) is 11.5. The Hall–Kier alpha value is -0.870. The van der Waals surface area contributed by atoms with Crippen LogP contribution in [0.5, 0.6) is 0 Å². The molecule has 1 fully saturated rings. The van der Waals surface area contributed by atoms with Crippen molar-refractivity contribution in [3.63, 3.8) is 0 Å². The fourth-order valence-corrected chi connectivity index (χ4v) is 2.18. The molecule has 1 atom stereocenters. The molecule has 4 nitrogen and oxygen atoms in total. The molecule has 0 aliphatic carbocycles. The molecule has 1 aromatic rings. The minimum Gasteiger partial charge on any atom is -0.370 e. The van der Waals surface area contributed by atoms with E-state index in [4.69, 9.17) is 16.3 Å². The molecule has 0 aromatic carbocycles. The molecular formula is C11H15ClN2O2. The monoisotopic (exact) mass is 242 g/mol. The summed E-state index contributed by atoms with van der Waals surface area (Å²) in [6, 6.07) is 0. The number of aryl methyl sites for hydroxylation is 1. The largest absolute Gasteiger partial charge is 0.370 e. The molecule has 5 heteroatoms. The van der Waals surface area contributed by atoms with E-state index in [-0.39, 0.29) is 11.9 Å². The standard InChI is InChI=1S/C11H15ClN2O2/c1-2-14-10(8(12)7-13-14)11(15)9-5-3-4-6-16-9/h7,9H,2-6H2,1H3. The van der Waals surface area contributed by atoms with E-state index in [1.165, 1.54) is 6.20 Å². The number of ether oxygens (including phenoxy) is 1. The van der Waals surface area contributed by atoms with Crippen molar-refractivity contribution in [3.05, 3.63) is 16.9 Å². The fraction of sp³-hybridized carbons (Fsp3) is 0.636. The van der Waals surface area contributed by atoms with E-state index >= 15 is 0 Å². The lowest BCUT2D eigenvalue weighted by molar-refractivity contribution is 0.0179. The van der Waals surface area contributed by atoms with Gasteiger partial charge in [0.25, 0.3) is 0 Å². The molecule has 2 heterocycles. The Morgan fingerprint density at radius 3 is 3.12 bits per heavy atom. The first kappa shape index (κ1) is 11.6. The maximum atomic E-state index is 12.2. The number of hydrogen-bond acceptors (Lipinski definition) is 3. The van der Waals surface area contributed by atoms with Gasteiger partial charge in [0.15, 0.2) is 0 Å². The van der Waals surface area contributed by atoms with E-state index in [0.717, 1.165) is 19.3 Å². The van der Waals surface area contributed by atoms with Crippen molar-refractivity contribution in [1.82, 2.24) is 9.78 Å². The quantitative estimate of drug-likeness (QED) is 0.764. The van der Waals surface area contributed by atoms with Gasteiger partial charge in [0.2, 0.25) is 5.78 Å². The molecule has 0 N–H and O–H groups in total. The Bertz CT molecular complexity index is 383. The number of hydrogen-bond donors (Lipinski definition) is 0. The molecule has 0 bridgehead atoms. The molecule has 0 radical (unpaired) electrons. The molecule has 88 valence electrons. The maximum Gasteiger partial charge on any atom is 0.211 e. The maximum absolute atomic E-state index is 12.2. The third-order valence-electron chi connectivity index (χ3n) is 2.80. The topological polar surface area (TPSA) is 44.1 Å². The van der Waals surface area contributed by atoms with Gasteiger partial charge in [-0.2, -0.15) is 5.10 Å². The van der Waals surface area contributed by atoms with E-state index in [2.05, 4.69) is 5.10 Å². The summed E-state index contributed by atoms with van der Waals surface area (Å²) in [4.78, 5) is 12.2. The molecule has 0 spiro atoms. The number of aromatic nitrogens is 2. The number of carbonyl (C=O) groups excluding carboxylic acids is 1. The Morgan fingerprint density at radius 2 is 2.50 bits per heavy atom. The number of carbonyl (C=O) groups is 1. The van der Waals surface area contributed by atoms with E-state index in [1.54, 1.807) is 4.68 Å². The van der Waals surface area contributed by atoms with Crippen molar-refractivity contribution in [2.45, 2.75) is 38.8 Å². The Labute approximate surface area is 99.5 Å². The van der Waals surface area contributed by atoms with Gasteiger partial charge >= 0.3 is 0 Å². The van der Waals surface area contributed by atoms with Crippen LogP contribution in [-0.4, -0.2) is 28.3 Å². The zero-order valence-electron chi connectivity index (χ0n) is 9.28. The average molecular weight is 243 g/mol. The van der Waals surface area contributed by atoms with Gasteiger partial charge in [-0.25, -0.2) is 0 Å². The van der Waals surface area contributed by atoms with Gasteiger partial charge < -0.3 is 4.74 Å². The number of halogens is 1. The number of Topliss-reactive ketones (excluding diaryl/α,β-unsaturated/α-hetero) is 1. The minimum atomic E-state index is -0.340. The first-order chi connectivity index (χ1) is 7.74. The molecule has 1 aliphatic heterocycles. The van der Waals surface area contributed by atoms with Crippen LogP contribution in [0.3, 0.4) is 0 Å². The summed E-state index contributed by atoms with van der Waals surface area (Å²) in [5, 5.41) is 4.48. The molecule has 0 saturated carbocycles. The van der Waals surface area contributed by atoms with Gasteiger partial charge in [0, 0.05) is 13.2 Å². The van der Waals surface area contributed by atoms with Gasteiger partial charge in [-0.3, -0.25) is 9.48 Å². The molecule has 2 rings (SSSR count). The van der Waals surface area contributed by atoms with Crippen LogP contribution in [0, 0.1) is 0 Å². The number of rotatable bonds is 3. The third-order valence-corrected chi connectivity index (χ3v) is 3.08. The highest BCUT2D eigenvalue weighted by atomic mass is 35.5. The summed E-state index contributed by atoms with van der Waals surface area (Å²) >= 11 is 5.98. The second-order valence-corrected chi connectivity index (χ2v) is 4.28. The van der Waals surface area contributed by atoms with Gasteiger partial charge in [-0.15, -0.1) is 0 Å². The van der Waals surface area contributed by atoms with Crippen LogP contribution in [0.2, 0.25) is 5.02 Å². The molecule has 0 amide bonds. The lowest BCUT2D eigenvalue weighted by Crippen LogP contribution is -2.30. The molecule has 16 heavy (non-hydrogen) atoms. The summed E-state index contributed by atoms with van der Waals surface area (Å²) < 4.78 is 7.10. The zero-order valence-corrected chi connectivity index (χ0v) is 10.0. The van der Waals surface area contributed by atoms with Crippen molar-refractivity contribution >= 4 is 17.4 Å². The smallest absolute Gasteiger partial charge is 0.211 e. The van der Waals surface area contributed by atoms with Gasteiger partial charge in [-0.1, -0.05) is 11.6 Å². The summed E-state index contributed by atoms with van der Waals surface area (Å²) in [6.45, 7) is 3.23. The lowest BCUT2D eigenvalue weighted by Gasteiger charge is -2.21. The van der Waals surface area contributed by atoms with Gasteiger partial charge in [0.1, 0.15) is 11.8 Å². The first-order valence-electron chi connectivity index (χ1n) is 5.61. The minimum absolute atomic E-state index is 0.0379. The SMILES string of the molecule is CCn1ncc(Cl)c1C(=O)C1CCCCO1. The van der Waals surface area contributed by atoms with E-state index in [1.807, 2.05) is 6.92 Å². The summed E-state index contributed by atoms with van der Waals surface area (Å²) in [5.74, 6) is -0.0379. The summed E-state index contributed by atoms with van der Waals surface area (Å²) in [5.41, 5.74) is 0.482. The number of nitrogens with zero attached hydrogens (tertiary/aromatic N) is 2. The second-order valence-electron chi connectivity index (χ2n) is 3.88. The number of ketones is 1. The van der Waals surface area contributed by atoms with Gasteiger partial charge in [0.05, 0.1) is 11.2 Å². The van der Waals surface area contributed by atoms with Crippen LogP contribution < -0.4 is 0 Å². The summed E-state index contributed by atoms with van der Waals surface area (Å²) in [6.07, 6.45) is 4.03. The van der Waals surface area contributed by atoms with Crippen molar-refractivity contribution in [3.8, 4) is 0 Å². The molecule has 1 aliphatic rings. The van der Waals surface area contributed by atoms with E-state index in [0.29, 0.717) is 23.9 Å². The lowest BCUT2D eigenvalue weighted by atomic mass is 10.0. The molecule has 1 aromatic heterocycles. The predicted octanol–water partition coefficient (Wildman–Crippen LogP) is 2.31. The predicted molar refractivity (Wildman–Crippen MR) is 60.8 cm³/mol. The Balaban J connectivity index is 2.21. The second kappa shape index (κ2) is 4.97. The Morgan fingerprint density at radius 1 is 1.69 bits per heavy atom. The fourth-order valence-electron chi connectivity index (χ4n) is 1.95. The third kappa shape index (κ3) is 2.13. The molecule has 1 saturated heterocycles. The van der Waals surface area contributed by atoms with Crippen molar-refractivity contribution in [2.75, 3.05) is 6.61 Å². The highest BCUT2D eigenvalue weighted by Crippen LogP contribution is 2.22. The van der Waals surface area contributed by atoms with E-state index in [9.17, 15) is 4.79 Å². The molecule has 1 unspecified atom stereocenters. The average Bonchev–Trinajstić information content (AvgIpc) is 2.70. The van der Waals surface area contributed by atoms with Gasteiger partial charge in [-0.05, 0) is 26.2 Å². The first-order valence-corrected chi connectivity index (χ1v) is 5.99. The highest BCUT2D eigenvalue weighted by Gasteiger charge is 2.27. The Kier molecular flexibility index (Phi) is 3.61.